The fourth-order valence-electron chi connectivity index (χ4n) is 1.78. The van der Waals surface area contributed by atoms with Crippen molar-refractivity contribution in [1.29, 1.82) is 5.26 Å². The molecule has 2 rings (SSSR count). The third-order valence-electron chi connectivity index (χ3n) is 2.64. The van der Waals surface area contributed by atoms with Gasteiger partial charge in [0.2, 0.25) is 0 Å². The highest BCUT2D eigenvalue weighted by molar-refractivity contribution is 5.60. The molecule has 1 aromatic carbocycles. The van der Waals surface area contributed by atoms with E-state index in [1.807, 2.05) is 19.1 Å². The zero-order chi connectivity index (χ0) is 13.1. The standard InChI is InChI=1S/C14H15N3O/c1-9(2)6-13-16-14(18-17-13)12-5-4-11(8-15)7-10(12)3/h4-5,7,9H,6H2,1-3H3. The van der Waals surface area contributed by atoms with Crippen LogP contribution in [0.4, 0.5) is 0 Å². The Morgan fingerprint density at radius 2 is 2.17 bits per heavy atom. The Kier molecular flexibility index (Phi) is 3.42. The summed E-state index contributed by atoms with van der Waals surface area (Å²) >= 11 is 0. The summed E-state index contributed by atoms with van der Waals surface area (Å²) in [7, 11) is 0. The molecule has 0 radical (unpaired) electrons. The number of rotatable bonds is 3. The second-order valence-corrected chi connectivity index (χ2v) is 4.76. The SMILES string of the molecule is Cc1cc(C#N)ccc1-c1nc(CC(C)C)no1. The van der Waals surface area contributed by atoms with Gasteiger partial charge in [-0.1, -0.05) is 19.0 Å². The first kappa shape index (κ1) is 12.3. The number of benzene rings is 1. The average Bonchev–Trinajstić information content (AvgIpc) is 2.76. The first-order valence-corrected chi connectivity index (χ1v) is 5.94. The smallest absolute Gasteiger partial charge is 0.258 e. The molecule has 0 saturated carbocycles. The Hall–Kier alpha value is -2.15. The number of aryl methyl sites for hydroxylation is 1. The van der Waals surface area contributed by atoms with Gasteiger partial charge in [-0.05, 0) is 36.6 Å². The maximum absolute atomic E-state index is 8.83. The van der Waals surface area contributed by atoms with Crippen LogP contribution in [0.5, 0.6) is 0 Å². The molecule has 0 unspecified atom stereocenters. The van der Waals surface area contributed by atoms with Crippen molar-refractivity contribution in [3.8, 4) is 17.5 Å². The van der Waals surface area contributed by atoms with E-state index < -0.39 is 0 Å². The molecule has 0 N–H and O–H groups in total. The summed E-state index contributed by atoms with van der Waals surface area (Å²) in [5, 5.41) is 12.8. The van der Waals surface area contributed by atoms with E-state index in [1.165, 1.54) is 0 Å². The number of hydrogen-bond donors (Lipinski definition) is 0. The van der Waals surface area contributed by atoms with E-state index in [-0.39, 0.29) is 0 Å². The van der Waals surface area contributed by atoms with Gasteiger partial charge >= 0.3 is 0 Å². The molecule has 0 spiro atoms. The lowest BCUT2D eigenvalue weighted by molar-refractivity contribution is 0.417. The molecule has 0 atom stereocenters. The van der Waals surface area contributed by atoms with E-state index in [1.54, 1.807) is 6.07 Å². The lowest BCUT2D eigenvalue weighted by Crippen LogP contribution is -1.96. The van der Waals surface area contributed by atoms with Crippen LogP contribution in [0.2, 0.25) is 0 Å². The molecule has 92 valence electrons. The predicted molar refractivity (Wildman–Crippen MR) is 67.7 cm³/mol. The molecule has 4 nitrogen and oxygen atoms in total. The molecular weight excluding hydrogens is 226 g/mol. The molecule has 0 aliphatic heterocycles. The summed E-state index contributed by atoms with van der Waals surface area (Å²) in [5.41, 5.74) is 2.49. The monoisotopic (exact) mass is 241 g/mol. The number of hydrogen-bond acceptors (Lipinski definition) is 4. The molecule has 4 heteroatoms. The first-order valence-electron chi connectivity index (χ1n) is 5.94. The highest BCUT2D eigenvalue weighted by Gasteiger charge is 2.12. The van der Waals surface area contributed by atoms with Crippen LogP contribution < -0.4 is 0 Å². The summed E-state index contributed by atoms with van der Waals surface area (Å²) < 4.78 is 5.26. The summed E-state index contributed by atoms with van der Waals surface area (Å²) in [5.74, 6) is 1.74. The van der Waals surface area contributed by atoms with Gasteiger partial charge < -0.3 is 4.52 Å². The Morgan fingerprint density at radius 1 is 1.39 bits per heavy atom. The molecule has 0 amide bonds. The van der Waals surface area contributed by atoms with Crippen molar-refractivity contribution in [1.82, 2.24) is 10.1 Å². The number of nitrogens with zero attached hydrogens (tertiary/aromatic N) is 3. The maximum Gasteiger partial charge on any atom is 0.258 e. The van der Waals surface area contributed by atoms with E-state index in [4.69, 9.17) is 9.78 Å². The fraction of sp³-hybridized carbons (Fsp3) is 0.357. The van der Waals surface area contributed by atoms with Crippen LogP contribution in [0.15, 0.2) is 22.7 Å². The lowest BCUT2D eigenvalue weighted by atomic mass is 10.1. The quantitative estimate of drug-likeness (QED) is 0.828. The maximum atomic E-state index is 8.83. The van der Waals surface area contributed by atoms with Crippen molar-refractivity contribution in [3.05, 3.63) is 35.2 Å². The zero-order valence-electron chi connectivity index (χ0n) is 10.8. The predicted octanol–water partition coefficient (Wildman–Crippen LogP) is 3.12. The summed E-state index contributed by atoms with van der Waals surface area (Å²) in [6.45, 7) is 6.16. The van der Waals surface area contributed by atoms with Crippen molar-refractivity contribution >= 4 is 0 Å². The number of nitriles is 1. The largest absolute Gasteiger partial charge is 0.334 e. The molecule has 1 aromatic heterocycles. The van der Waals surface area contributed by atoms with Crippen molar-refractivity contribution in [2.75, 3.05) is 0 Å². The molecule has 2 aromatic rings. The van der Waals surface area contributed by atoms with Gasteiger partial charge in [0, 0.05) is 12.0 Å². The second kappa shape index (κ2) is 5.01. The lowest BCUT2D eigenvalue weighted by Gasteiger charge is -2.00. The van der Waals surface area contributed by atoms with Crippen molar-refractivity contribution in [3.63, 3.8) is 0 Å². The molecule has 18 heavy (non-hydrogen) atoms. The van der Waals surface area contributed by atoms with E-state index in [0.29, 0.717) is 17.4 Å². The Morgan fingerprint density at radius 3 is 2.78 bits per heavy atom. The van der Waals surface area contributed by atoms with Gasteiger partial charge in [-0.25, -0.2) is 0 Å². The fourth-order valence-corrected chi connectivity index (χ4v) is 1.78. The van der Waals surface area contributed by atoms with E-state index >= 15 is 0 Å². The summed E-state index contributed by atoms with van der Waals surface area (Å²) in [6, 6.07) is 7.54. The van der Waals surface area contributed by atoms with E-state index in [9.17, 15) is 0 Å². The van der Waals surface area contributed by atoms with Crippen LogP contribution in [-0.2, 0) is 6.42 Å². The van der Waals surface area contributed by atoms with Crippen LogP contribution in [-0.4, -0.2) is 10.1 Å². The third kappa shape index (κ3) is 2.57. The highest BCUT2D eigenvalue weighted by atomic mass is 16.5. The van der Waals surface area contributed by atoms with E-state index in [2.05, 4.69) is 30.1 Å². The van der Waals surface area contributed by atoms with Crippen LogP contribution in [0, 0.1) is 24.2 Å². The van der Waals surface area contributed by atoms with Gasteiger partial charge in [0.15, 0.2) is 5.82 Å². The normalized spacial score (nSPS) is 10.6. The Balaban J connectivity index is 2.32. The van der Waals surface area contributed by atoms with Crippen molar-refractivity contribution < 1.29 is 4.52 Å². The number of aromatic nitrogens is 2. The molecule has 0 bridgehead atoms. The minimum Gasteiger partial charge on any atom is -0.334 e. The molecule has 0 aliphatic rings. The zero-order valence-corrected chi connectivity index (χ0v) is 10.8. The van der Waals surface area contributed by atoms with Gasteiger partial charge in [0.1, 0.15) is 0 Å². The average molecular weight is 241 g/mol. The minimum absolute atomic E-state index is 0.498. The van der Waals surface area contributed by atoms with Gasteiger partial charge in [-0.3, -0.25) is 0 Å². The van der Waals surface area contributed by atoms with Crippen molar-refractivity contribution in [2.45, 2.75) is 27.2 Å². The van der Waals surface area contributed by atoms with Crippen LogP contribution in [0.25, 0.3) is 11.5 Å². The molecular formula is C14H15N3O. The topological polar surface area (TPSA) is 62.7 Å². The molecule has 0 saturated heterocycles. The van der Waals surface area contributed by atoms with E-state index in [0.717, 1.165) is 23.4 Å². The first-order chi connectivity index (χ1) is 8.60. The minimum atomic E-state index is 0.498. The van der Waals surface area contributed by atoms with Gasteiger partial charge in [0.05, 0.1) is 11.6 Å². The summed E-state index contributed by atoms with van der Waals surface area (Å²) in [6.07, 6.45) is 0.804. The Labute approximate surface area is 106 Å². The summed E-state index contributed by atoms with van der Waals surface area (Å²) in [4.78, 5) is 4.38. The van der Waals surface area contributed by atoms with Crippen LogP contribution in [0.1, 0.15) is 30.8 Å². The molecule has 0 aliphatic carbocycles. The van der Waals surface area contributed by atoms with Gasteiger partial charge in [0.25, 0.3) is 5.89 Å². The molecule has 1 heterocycles. The van der Waals surface area contributed by atoms with Gasteiger partial charge in [-0.2, -0.15) is 10.2 Å². The van der Waals surface area contributed by atoms with Crippen LogP contribution >= 0.6 is 0 Å². The third-order valence-corrected chi connectivity index (χ3v) is 2.64. The van der Waals surface area contributed by atoms with Gasteiger partial charge in [-0.15, -0.1) is 0 Å². The Bertz CT molecular complexity index is 593. The molecule has 0 fully saturated rings. The van der Waals surface area contributed by atoms with Crippen molar-refractivity contribution in [2.24, 2.45) is 5.92 Å². The second-order valence-electron chi connectivity index (χ2n) is 4.76. The van der Waals surface area contributed by atoms with Crippen LogP contribution in [0.3, 0.4) is 0 Å². The highest BCUT2D eigenvalue weighted by Crippen LogP contribution is 2.22.